The molecule has 1 aromatic rings. The highest BCUT2D eigenvalue weighted by atomic mass is 16.5. The number of fused-ring (bicyclic) bond motifs is 3. The van der Waals surface area contributed by atoms with Crippen LogP contribution in [0.15, 0.2) is 6.07 Å². The van der Waals surface area contributed by atoms with Gasteiger partial charge in [0, 0.05) is 35.3 Å². The van der Waals surface area contributed by atoms with Crippen LogP contribution in [0.2, 0.25) is 0 Å². The Balaban J connectivity index is 1.73. The van der Waals surface area contributed by atoms with Crippen molar-refractivity contribution in [2.75, 3.05) is 0 Å². The first-order valence-electron chi connectivity index (χ1n) is 10.5. The Hall–Kier alpha value is -2.04. The molecule has 0 saturated heterocycles. The van der Waals surface area contributed by atoms with Gasteiger partial charge in [0.2, 0.25) is 0 Å². The first kappa shape index (κ1) is 18.0. The van der Waals surface area contributed by atoms with Crippen LogP contribution in [0.25, 0.3) is 0 Å². The second-order valence-electron chi connectivity index (χ2n) is 10.2. The predicted molar refractivity (Wildman–Crippen MR) is 104 cm³/mol. The molecule has 2 heterocycles. The molecule has 0 unspecified atom stereocenters. The third-order valence-electron chi connectivity index (χ3n) is 8.75. The Morgan fingerprint density at radius 3 is 2.71 bits per heavy atom. The Morgan fingerprint density at radius 2 is 1.96 bits per heavy atom. The molecule has 5 nitrogen and oxygen atoms in total. The van der Waals surface area contributed by atoms with E-state index in [1.54, 1.807) is 6.07 Å². The molecule has 0 aromatic heterocycles. The summed E-state index contributed by atoms with van der Waals surface area (Å²) in [4.78, 5) is 25.0. The summed E-state index contributed by atoms with van der Waals surface area (Å²) >= 11 is 0. The number of Topliss-reactive ketones (excluding diaryl/α,β-unsaturated/α-hetero) is 1. The van der Waals surface area contributed by atoms with E-state index in [-0.39, 0.29) is 23.0 Å². The van der Waals surface area contributed by atoms with Gasteiger partial charge in [-0.2, -0.15) is 0 Å². The van der Waals surface area contributed by atoms with Crippen LogP contribution < -0.4 is 10.1 Å². The van der Waals surface area contributed by atoms with Crippen LogP contribution in [0, 0.1) is 22.7 Å². The molecule has 0 bridgehead atoms. The molecule has 1 amide bonds. The topological polar surface area (TPSA) is 75.6 Å². The van der Waals surface area contributed by atoms with E-state index in [2.05, 4.69) is 33.0 Å². The molecule has 28 heavy (non-hydrogen) atoms. The van der Waals surface area contributed by atoms with Crippen molar-refractivity contribution >= 4 is 11.7 Å². The Kier molecular flexibility index (Phi) is 3.42. The maximum absolute atomic E-state index is 12.8. The number of carbonyl (C=O) groups is 2. The number of phenols is 1. The average molecular weight is 383 g/mol. The fraction of sp³-hybridized carbons (Fsp3) is 0.652. The summed E-state index contributed by atoms with van der Waals surface area (Å²) in [7, 11) is 0. The van der Waals surface area contributed by atoms with E-state index in [4.69, 9.17) is 4.74 Å². The van der Waals surface area contributed by atoms with Crippen molar-refractivity contribution in [3.63, 3.8) is 0 Å². The zero-order valence-electron chi connectivity index (χ0n) is 17.1. The lowest BCUT2D eigenvalue weighted by molar-refractivity contribution is -0.208. The van der Waals surface area contributed by atoms with Crippen LogP contribution in [-0.4, -0.2) is 22.4 Å². The summed E-state index contributed by atoms with van der Waals surface area (Å²) < 4.78 is 6.98. The lowest BCUT2D eigenvalue weighted by Crippen LogP contribution is -2.69. The number of nitrogens with one attached hydrogen (secondary N) is 1. The Labute approximate surface area is 165 Å². The van der Waals surface area contributed by atoms with Crippen molar-refractivity contribution in [2.45, 2.75) is 71.9 Å². The normalized spacial score (nSPS) is 37.9. The van der Waals surface area contributed by atoms with Crippen LogP contribution in [0.4, 0.5) is 0 Å². The average Bonchev–Trinajstić information content (AvgIpc) is 3.01. The smallest absolute Gasteiger partial charge is 0.255 e. The second kappa shape index (κ2) is 5.31. The molecule has 0 radical (unpaired) electrons. The summed E-state index contributed by atoms with van der Waals surface area (Å²) in [6.07, 6.45) is 4.15. The van der Waals surface area contributed by atoms with Gasteiger partial charge in [0.25, 0.3) is 5.91 Å². The maximum Gasteiger partial charge on any atom is 0.255 e. The van der Waals surface area contributed by atoms with Crippen molar-refractivity contribution in [1.82, 2.24) is 5.32 Å². The highest BCUT2D eigenvalue weighted by Crippen LogP contribution is 2.65. The van der Waals surface area contributed by atoms with E-state index in [0.29, 0.717) is 30.2 Å². The standard InChI is InChI=1S/C23H29NO4/c1-12-5-6-16-21(2,3)17(26)7-8-23(16)22(12,4)10-13-9-15(25)18-14(19(13)28-23)11-24-20(18)27/h9,12,16,25H,5-8,10-11H2,1-4H3,(H,24,27)/t12-,16-,22+,23-/m0/s1. The summed E-state index contributed by atoms with van der Waals surface area (Å²) in [6, 6.07) is 1.73. The number of rotatable bonds is 0. The Morgan fingerprint density at radius 1 is 1.21 bits per heavy atom. The van der Waals surface area contributed by atoms with Crippen LogP contribution in [0.3, 0.4) is 0 Å². The molecule has 1 spiro atoms. The fourth-order valence-electron chi connectivity index (χ4n) is 6.85. The van der Waals surface area contributed by atoms with Crippen LogP contribution in [0.5, 0.6) is 11.5 Å². The molecule has 4 atom stereocenters. The molecule has 5 heteroatoms. The number of carbonyl (C=O) groups excluding carboxylic acids is 2. The molecule has 4 aliphatic rings. The van der Waals surface area contributed by atoms with E-state index in [1.807, 2.05) is 0 Å². The number of ketones is 1. The van der Waals surface area contributed by atoms with Crippen molar-refractivity contribution in [2.24, 2.45) is 22.7 Å². The molecular formula is C23H29NO4. The molecular weight excluding hydrogens is 354 g/mol. The van der Waals surface area contributed by atoms with Gasteiger partial charge in [-0.05, 0) is 43.2 Å². The van der Waals surface area contributed by atoms with Gasteiger partial charge in [0.15, 0.2) is 0 Å². The van der Waals surface area contributed by atoms with Crippen LogP contribution in [0.1, 0.15) is 74.9 Å². The third-order valence-corrected chi connectivity index (χ3v) is 8.75. The van der Waals surface area contributed by atoms with E-state index in [0.717, 1.165) is 42.6 Å². The van der Waals surface area contributed by atoms with Crippen molar-refractivity contribution < 1.29 is 19.4 Å². The number of aromatic hydroxyl groups is 1. The summed E-state index contributed by atoms with van der Waals surface area (Å²) in [5.41, 5.74) is 1.19. The predicted octanol–water partition coefficient (Wildman–Crippen LogP) is 3.75. The van der Waals surface area contributed by atoms with Gasteiger partial charge in [0.05, 0.1) is 5.56 Å². The van der Waals surface area contributed by atoms with Gasteiger partial charge in [-0.25, -0.2) is 0 Å². The van der Waals surface area contributed by atoms with Gasteiger partial charge in [-0.1, -0.05) is 27.7 Å². The highest BCUT2D eigenvalue weighted by molar-refractivity contribution is 6.02. The van der Waals surface area contributed by atoms with Gasteiger partial charge in [0.1, 0.15) is 22.9 Å². The third kappa shape index (κ3) is 1.93. The van der Waals surface area contributed by atoms with Crippen LogP contribution in [-0.2, 0) is 17.8 Å². The van der Waals surface area contributed by atoms with Gasteiger partial charge in [-0.3, -0.25) is 9.59 Å². The lowest BCUT2D eigenvalue weighted by Gasteiger charge is -2.65. The van der Waals surface area contributed by atoms with E-state index in [1.165, 1.54) is 0 Å². The lowest BCUT2D eigenvalue weighted by atomic mass is 9.44. The SMILES string of the molecule is C[C@H]1CC[C@H]2C(C)(C)C(=O)CC[C@]23Oc2c(cc(O)c4c2CNC4=O)C[C@]13C. The number of hydrogen-bond donors (Lipinski definition) is 2. The number of benzene rings is 1. The molecule has 150 valence electrons. The molecule has 2 aliphatic carbocycles. The maximum atomic E-state index is 12.8. The minimum atomic E-state index is -0.411. The first-order chi connectivity index (χ1) is 13.1. The van der Waals surface area contributed by atoms with E-state index in [9.17, 15) is 14.7 Å². The number of amides is 1. The zero-order chi connectivity index (χ0) is 20.1. The van der Waals surface area contributed by atoms with Crippen molar-refractivity contribution in [3.8, 4) is 11.5 Å². The number of ether oxygens (including phenoxy) is 1. The summed E-state index contributed by atoms with van der Waals surface area (Å²) in [6.45, 7) is 9.17. The monoisotopic (exact) mass is 383 g/mol. The van der Waals surface area contributed by atoms with Crippen molar-refractivity contribution in [3.05, 3.63) is 22.8 Å². The summed E-state index contributed by atoms with van der Waals surface area (Å²) in [5, 5.41) is 13.3. The molecule has 2 fully saturated rings. The van der Waals surface area contributed by atoms with Crippen molar-refractivity contribution in [1.29, 1.82) is 0 Å². The second-order valence-corrected chi connectivity index (χ2v) is 10.2. The Bertz CT molecular complexity index is 920. The zero-order valence-corrected chi connectivity index (χ0v) is 17.1. The first-order valence-corrected chi connectivity index (χ1v) is 10.5. The molecule has 1 aromatic carbocycles. The molecule has 5 rings (SSSR count). The quantitative estimate of drug-likeness (QED) is 0.715. The number of hydrogen-bond acceptors (Lipinski definition) is 4. The molecule has 2 aliphatic heterocycles. The largest absolute Gasteiger partial charge is 0.507 e. The summed E-state index contributed by atoms with van der Waals surface area (Å²) in [5.74, 6) is 1.53. The fourth-order valence-corrected chi connectivity index (χ4v) is 6.85. The van der Waals surface area contributed by atoms with Gasteiger partial charge >= 0.3 is 0 Å². The minimum absolute atomic E-state index is 0.0473. The van der Waals surface area contributed by atoms with Gasteiger partial charge < -0.3 is 15.2 Å². The van der Waals surface area contributed by atoms with E-state index >= 15 is 0 Å². The van der Waals surface area contributed by atoms with E-state index < -0.39 is 11.0 Å². The van der Waals surface area contributed by atoms with Gasteiger partial charge in [-0.15, -0.1) is 0 Å². The minimum Gasteiger partial charge on any atom is -0.507 e. The van der Waals surface area contributed by atoms with Crippen LogP contribution >= 0.6 is 0 Å². The molecule has 2 N–H and O–H groups in total. The number of phenolic OH excluding ortho intramolecular Hbond substituents is 1. The molecule has 2 saturated carbocycles. The highest BCUT2D eigenvalue weighted by Gasteiger charge is 2.67.